The zero-order valence-electron chi connectivity index (χ0n) is 6.03. The van der Waals surface area contributed by atoms with Gasteiger partial charge in [-0.15, -0.1) is 0 Å². The second kappa shape index (κ2) is 5.59. The fourth-order valence-electron chi connectivity index (χ4n) is 0.731. The van der Waals surface area contributed by atoms with Crippen LogP contribution in [0.4, 0.5) is 8.78 Å². The second-order valence-corrected chi connectivity index (χ2v) is 3.33. The number of alkyl halides is 2. The molecule has 0 aliphatic heterocycles. The molecule has 0 saturated carbocycles. The molecule has 0 bridgehead atoms. The summed E-state index contributed by atoms with van der Waals surface area (Å²) < 4.78 is 27.7. The van der Waals surface area contributed by atoms with Crippen molar-refractivity contribution in [3.05, 3.63) is 27.2 Å². The van der Waals surface area contributed by atoms with Gasteiger partial charge in [-0.2, -0.15) is 8.78 Å². The molecular weight excluding hydrogens is 256 g/mol. The van der Waals surface area contributed by atoms with E-state index < -0.39 is 6.61 Å². The van der Waals surface area contributed by atoms with Gasteiger partial charge in [-0.1, -0.05) is 42.2 Å². The third-order valence-corrected chi connectivity index (χ3v) is 1.95. The highest BCUT2D eigenvalue weighted by molar-refractivity contribution is 6.40. The molecule has 0 unspecified atom stereocenters. The van der Waals surface area contributed by atoms with Gasteiger partial charge < -0.3 is 4.74 Å². The average molecular weight is 263 g/mol. The van der Waals surface area contributed by atoms with Gasteiger partial charge in [-0.05, 0) is 12.1 Å². The number of benzene rings is 1. The molecule has 0 radical (unpaired) electrons. The van der Waals surface area contributed by atoms with Gasteiger partial charge >= 0.3 is 6.61 Å². The van der Waals surface area contributed by atoms with Crippen molar-refractivity contribution < 1.29 is 13.5 Å². The molecule has 0 aliphatic carbocycles. The van der Waals surface area contributed by atoms with Crippen LogP contribution >= 0.6 is 34.8 Å². The summed E-state index contributed by atoms with van der Waals surface area (Å²) in [6, 6.07) is 2.54. The van der Waals surface area contributed by atoms with Gasteiger partial charge in [0, 0.05) is 5.02 Å². The summed E-state index contributed by atoms with van der Waals surface area (Å²) in [7, 11) is 0. The van der Waals surface area contributed by atoms with Gasteiger partial charge in [0.15, 0.2) is 5.75 Å². The number of ether oxygens (including phenoxy) is 1. The van der Waals surface area contributed by atoms with Crippen LogP contribution < -0.4 is 4.74 Å². The summed E-state index contributed by atoms with van der Waals surface area (Å²) in [5, 5.41) is 0.173. The lowest BCUT2D eigenvalue weighted by Gasteiger charge is -2.08. The highest BCUT2D eigenvalue weighted by atomic mass is 35.5. The van der Waals surface area contributed by atoms with Gasteiger partial charge in [0.2, 0.25) is 0 Å². The van der Waals surface area contributed by atoms with Crippen LogP contribution in [0.5, 0.6) is 5.75 Å². The summed E-state index contributed by atoms with van der Waals surface area (Å²) in [5.41, 5.74) is 0. The topological polar surface area (TPSA) is 9.23 Å². The van der Waals surface area contributed by atoms with Crippen LogP contribution in [-0.2, 0) is 0 Å². The maximum Gasteiger partial charge on any atom is 0.387 e. The summed E-state index contributed by atoms with van der Waals surface area (Å²) in [6.45, 7) is -2.96. The molecule has 1 nitrogen and oxygen atoms in total. The Balaban J connectivity index is 0.00000169. The second-order valence-electron chi connectivity index (χ2n) is 2.08. The molecule has 0 fully saturated rings. The lowest BCUT2D eigenvalue weighted by molar-refractivity contribution is -0.0497. The fourth-order valence-corrected chi connectivity index (χ4v) is 1.64. The van der Waals surface area contributed by atoms with Crippen LogP contribution in [0.15, 0.2) is 12.1 Å². The molecule has 0 saturated heterocycles. The Morgan fingerprint density at radius 3 is 1.86 bits per heavy atom. The van der Waals surface area contributed by atoms with Crippen molar-refractivity contribution in [2.24, 2.45) is 0 Å². The Bertz CT molecular complexity index is 294. The molecule has 0 atom stereocenters. The Hall–Kier alpha value is -0.250. The number of halogens is 5. The highest BCUT2D eigenvalue weighted by Gasteiger charge is 2.13. The van der Waals surface area contributed by atoms with Crippen LogP contribution in [-0.4, -0.2) is 6.61 Å². The van der Waals surface area contributed by atoms with E-state index >= 15 is 0 Å². The van der Waals surface area contributed by atoms with E-state index in [-0.39, 0.29) is 28.2 Å². The molecular formula is C8H7Cl3F2O. The van der Waals surface area contributed by atoms with Crippen LogP contribution in [0, 0.1) is 0 Å². The first kappa shape index (κ1) is 13.8. The normalized spacial score (nSPS) is 9.86. The van der Waals surface area contributed by atoms with Crippen LogP contribution in [0.3, 0.4) is 0 Å². The zero-order chi connectivity index (χ0) is 10.0. The molecule has 0 aromatic heterocycles. The van der Waals surface area contributed by atoms with E-state index in [1.807, 2.05) is 0 Å². The molecule has 0 N–H and O–H groups in total. The highest BCUT2D eigenvalue weighted by Crippen LogP contribution is 2.36. The van der Waals surface area contributed by atoms with Crippen molar-refractivity contribution in [3.8, 4) is 5.75 Å². The lowest BCUT2D eigenvalue weighted by Crippen LogP contribution is -2.02. The van der Waals surface area contributed by atoms with Gasteiger partial charge in [0.1, 0.15) is 0 Å². The Labute approximate surface area is 95.5 Å². The molecule has 0 heterocycles. The number of rotatable bonds is 2. The minimum absolute atomic E-state index is 0. The summed E-state index contributed by atoms with van der Waals surface area (Å²) in [4.78, 5) is 0. The van der Waals surface area contributed by atoms with E-state index in [4.69, 9.17) is 34.8 Å². The predicted molar refractivity (Wildman–Crippen MR) is 54.8 cm³/mol. The summed E-state index contributed by atoms with van der Waals surface area (Å²) in [5.74, 6) is -0.261. The van der Waals surface area contributed by atoms with Crippen molar-refractivity contribution in [1.29, 1.82) is 0 Å². The SMILES string of the molecule is C.FC(F)Oc1c(Cl)cc(Cl)cc1Cl. The molecule has 0 aliphatic rings. The summed E-state index contributed by atoms with van der Waals surface area (Å²) >= 11 is 16.7. The summed E-state index contributed by atoms with van der Waals surface area (Å²) in [6.07, 6.45) is 0. The Morgan fingerprint density at radius 1 is 1.07 bits per heavy atom. The fraction of sp³-hybridized carbons (Fsp3) is 0.250. The smallest absolute Gasteiger partial charge is 0.387 e. The molecule has 0 spiro atoms. The lowest BCUT2D eigenvalue weighted by atomic mass is 10.3. The van der Waals surface area contributed by atoms with Gasteiger partial charge in [0.05, 0.1) is 10.0 Å². The first-order chi connectivity index (χ1) is 6.00. The third kappa shape index (κ3) is 3.48. The number of hydrogen-bond acceptors (Lipinski definition) is 1. The van der Waals surface area contributed by atoms with Crippen molar-refractivity contribution in [3.63, 3.8) is 0 Å². The van der Waals surface area contributed by atoms with E-state index in [0.717, 1.165) is 0 Å². The molecule has 6 heteroatoms. The van der Waals surface area contributed by atoms with Crippen LogP contribution in [0.25, 0.3) is 0 Å². The van der Waals surface area contributed by atoms with Gasteiger partial charge in [0.25, 0.3) is 0 Å². The standard InChI is InChI=1S/C7H3Cl3F2O.CH4/c8-3-1-4(9)6(5(10)2-3)13-7(11)12;/h1-2,7H;1H4. The first-order valence-corrected chi connectivity index (χ1v) is 4.23. The van der Waals surface area contributed by atoms with Crippen molar-refractivity contribution in [2.45, 2.75) is 14.0 Å². The number of hydrogen-bond donors (Lipinski definition) is 0. The van der Waals surface area contributed by atoms with E-state index in [0.29, 0.717) is 0 Å². The molecule has 80 valence electrons. The minimum atomic E-state index is -2.96. The minimum Gasteiger partial charge on any atom is -0.432 e. The van der Waals surface area contributed by atoms with Crippen LogP contribution in [0.2, 0.25) is 15.1 Å². The van der Waals surface area contributed by atoms with Crippen LogP contribution in [0.1, 0.15) is 7.43 Å². The average Bonchev–Trinajstić information content (AvgIpc) is 1.96. The third-order valence-electron chi connectivity index (χ3n) is 1.17. The quantitative estimate of drug-likeness (QED) is 0.738. The molecule has 1 rings (SSSR count). The molecule has 0 amide bonds. The first-order valence-electron chi connectivity index (χ1n) is 3.10. The molecule has 14 heavy (non-hydrogen) atoms. The van der Waals surface area contributed by atoms with Crippen molar-refractivity contribution >= 4 is 34.8 Å². The van der Waals surface area contributed by atoms with E-state index in [9.17, 15) is 8.78 Å². The van der Waals surface area contributed by atoms with E-state index in [1.165, 1.54) is 12.1 Å². The van der Waals surface area contributed by atoms with Crippen molar-refractivity contribution in [1.82, 2.24) is 0 Å². The van der Waals surface area contributed by atoms with Gasteiger partial charge in [-0.25, -0.2) is 0 Å². The Morgan fingerprint density at radius 2 is 1.50 bits per heavy atom. The van der Waals surface area contributed by atoms with Crippen molar-refractivity contribution in [2.75, 3.05) is 0 Å². The van der Waals surface area contributed by atoms with Gasteiger partial charge in [-0.3, -0.25) is 0 Å². The Kier molecular flexibility index (Phi) is 5.49. The van der Waals surface area contributed by atoms with E-state index in [1.54, 1.807) is 0 Å². The maximum absolute atomic E-state index is 11.8. The molecule has 1 aromatic rings. The predicted octanol–water partition coefficient (Wildman–Crippen LogP) is 4.88. The zero-order valence-corrected chi connectivity index (χ0v) is 8.30. The monoisotopic (exact) mass is 262 g/mol. The maximum atomic E-state index is 11.8. The van der Waals surface area contributed by atoms with E-state index in [2.05, 4.69) is 4.74 Å². The molecule has 1 aromatic carbocycles. The largest absolute Gasteiger partial charge is 0.432 e.